The van der Waals surface area contributed by atoms with E-state index in [1.165, 1.54) is 41.2 Å². The van der Waals surface area contributed by atoms with Gasteiger partial charge in [0.25, 0.3) is 0 Å². The van der Waals surface area contributed by atoms with Gasteiger partial charge in [-0.3, -0.25) is 11.3 Å². The molecule has 0 amide bonds. The van der Waals surface area contributed by atoms with Crippen LogP contribution in [-0.2, 0) is 6.42 Å². The minimum atomic E-state index is 0.425. The van der Waals surface area contributed by atoms with Crippen molar-refractivity contribution in [1.82, 2.24) is 5.43 Å². The number of hydrogen-bond acceptors (Lipinski definition) is 2. The molecule has 1 aromatic carbocycles. The minimum absolute atomic E-state index is 0.425. The lowest BCUT2D eigenvalue weighted by molar-refractivity contribution is 0.208. The summed E-state index contributed by atoms with van der Waals surface area (Å²) in [6, 6.07) is 9.24. The molecule has 0 saturated heterocycles. The van der Waals surface area contributed by atoms with Crippen LogP contribution in [0.2, 0.25) is 0 Å². The third-order valence-electron chi connectivity index (χ3n) is 4.55. The third kappa shape index (κ3) is 4.43. The highest BCUT2D eigenvalue weighted by atomic mass is 127. The van der Waals surface area contributed by atoms with Crippen molar-refractivity contribution in [2.75, 3.05) is 0 Å². The molecule has 2 nitrogen and oxygen atoms in total. The number of rotatable bonds is 5. The standard InChI is InChI=1S/C16H25IN2/c1-2-12-4-3-5-14(10-12)16(19-18)11-13-6-8-15(17)9-7-13/h6-9,12,14,16,19H,2-5,10-11,18H2,1H3. The van der Waals surface area contributed by atoms with Crippen molar-refractivity contribution in [3.8, 4) is 0 Å². The number of hydrazine groups is 1. The van der Waals surface area contributed by atoms with Crippen LogP contribution in [0.4, 0.5) is 0 Å². The van der Waals surface area contributed by atoms with E-state index in [-0.39, 0.29) is 0 Å². The van der Waals surface area contributed by atoms with E-state index in [4.69, 9.17) is 5.84 Å². The molecular formula is C16H25IN2. The first-order chi connectivity index (χ1) is 9.22. The van der Waals surface area contributed by atoms with E-state index < -0.39 is 0 Å². The van der Waals surface area contributed by atoms with Gasteiger partial charge in [0.15, 0.2) is 0 Å². The van der Waals surface area contributed by atoms with E-state index in [1.807, 2.05) is 0 Å². The van der Waals surface area contributed by atoms with Crippen molar-refractivity contribution in [3.05, 3.63) is 33.4 Å². The highest BCUT2D eigenvalue weighted by Crippen LogP contribution is 2.33. The number of hydrogen-bond donors (Lipinski definition) is 2. The summed E-state index contributed by atoms with van der Waals surface area (Å²) >= 11 is 2.35. The summed E-state index contributed by atoms with van der Waals surface area (Å²) in [5.41, 5.74) is 4.47. The Labute approximate surface area is 130 Å². The zero-order valence-electron chi connectivity index (χ0n) is 11.7. The van der Waals surface area contributed by atoms with Crippen LogP contribution in [0.3, 0.4) is 0 Å². The Morgan fingerprint density at radius 2 is 2.05 bits per heavy atom. The van der Waals surface area contributed by atoms with E-state index in [2.05, 4.69) is 59.2 Å². The van der Waals surface area contributed by atoms with E-state index in [9.17, 15) is 0 Å². The molecule has 2 rings (SSSR count). The maximum Gasteiger partial charge on any atom is 0.0279 e. The Morgan fingerprint density at radius 3 is 2.68 bits per heavy atom. The van der Waals surface area contributed by atoms with Gasteiger partial charge in [-0.15, -0.1) is 0 Å². The molecule has 1 aliphatic carbocycles. The first-order valence-electron chi connectivity index (χ1n) is 7.43. The average molecular weight is 372 g/mol. The van der Waals surface area contributed by atoms with Crippen molar-refractivity contribution in [2.24, 2.45) is 17.7 Å². The predicted molar refractivity (Wildman–Crippen MR) is 89.7 cm³/mol. The van der Waals surface area contributed by atoms with Crippen LogP contribution in [-0.4, -0.2) is 6.04 Å². The molecule has 3 heteroatoms. The molecule has 0 heterocycles. The van der Waals surface area contributed by atoms with Crippen LogP contribution in [0.1, 0.15) is 44.6 Å². The quantitative estimate of drug-likeness (QED) is 0.468. The Hall–Kier alpha value is -0.130. The van der Waals surface area contributed by atoms with Crippen LogP contribution >= 0.6 is 22.6 Å². The van der Waals surface area contributed by atoms with Gasteiger partial charge < -0.3 is 0 Å². The van der Waals surface area contributed by atoms with Crippen LogP contribution in [0.25, 0.3) is 0 Å². The van der Waals surface area contributed by atoms with E-state index in [0.717, 1.165) is 18.3 Å². The molecule has 1 fully saturated rings. The number of nitrogens with one attached hydrogen (secondary N) is 1. The van der Waals surface area contributed by atoms with Crippen molar-refractivity contribution in [1.29, 1.82) is 0 Å². The largest absolute Gasteiger partial charge is 0.271 e. The molecule has 3 N–H and O–H groups in total. The second-order valence-electron chi connectivity index (χ2n) is 5.80. The van der Waals surface area contributed by atoms with Crippen LogP contribution < -0.4 is 11.3 Å². The molecule has 3 unspecified atom stereocenters. The fourth-order valence-electron chi connectivity index (χ4n) is 3.30. The molecule has 19 heavy (non-hydrogen) atoms. The maximum atomic E-state index is 5.82. The maximum absolute atomic E-state index is 5.82. The predicted octanol–water partition coefficient (Wildman–Crippen LogP) is 3.88. The normalized spacial score (nSPS) is 25.2. The summed E-state index contributed by atoms with van der Waals surface area (Å²) < 4.78 is 1.29. The van der Waals surface area contributed by atoms with Gasteiger partial charge in [-0.05, 0) is 71.4 Å². The van der Waals surface area contributed by atoms with Crippen LogP contribution in [0.15, 0.2) is 24.3 Å². The Bertz CT molecular complexity index is 377. The average Bonchev–Trinajstić information content (AvgIpc) is 2.46. The number of benzene rings is 1. The summed E-state index contributed by atoms with van der Waals surface area (Å²) in [5.74, 6) is 7.46. The van der Waals surface area contributed by atoms with E-state index in [0.29, 0.717) is 6.04 Å². The SMILES string of the molecule is CCC1CCCC(C(Cc2ccc(I)cc2)NN)C1. The molecular weight excluding hydrogens is 347 g/mol. The van der Waals surface area contributed by atoms with Gasteiger partial charge in [0.05, 0.1) is 0 Å². The monoisotopic (exact) mass is 372 g/mol. The van der Waals surface area contributed by atoms with Crippen molar-refractivity contribution in [2.45, 2.75) is 51.5 Å². The zero-order valence-corrected chi connectivity index (χ0v) is 13.9. The zero-order chi connectivity index (χ0) is 13.7. The summed E-state index contributed by atoms with van der Waals surface area (Å²) in [6.45, 7) is 2.32. The number of nitrogens with two attached hydrogens (primary N) is 1. The Morgan fingerprint density at radius 1 is 1.32 bits per heavy atom. The summed E-state index contributed by atoms with van der Waals surface area (Å²) in [6.07, 6.45) is 7.82. The van der Waals surface area contributed by atoms with Crippen molar-refractivity contribution >= 4 is 22.6 Å². The molecule has 1 aromatic rings. The van der Waals surface area contributed by atoms with Gasteiger partial charge in [-0.1, -0.05) is 38.3 Å². The summed E-state index contributed by atoms with van der Waals surface area (Å²) in [7, 11) is 0. The number of halogens is 1. The van der Waals surface area contributed by atoms with Crippen LogP contribution in [0, 0.1) is 15.4 Å². The molecule has 0 spiro atoms. The first kappa shape index (κ1) is 15.3. The highest BCUT2D eigenvalue weighted by molar-refractivity contribution is 14.1. The minimum Gasteiger partial charge on any atom is -0.271 e. The second kappa shape index (κ2) is 7.60. The second-order valence-corrected chi connectivity index (χ2v) is 7.05. The summed E-state index contributed by atoms with van der Waals surface area (Å²) in [4.78, 5) is 0. The topological polar surface area (TPSA) is 38.0 Å². The van der Waals surface area contributed by atoms with Gasteiger partial charge in [0.2, 0.25) is 0 Å². The first-order valence-corrected chi connectivity index (χ1v) is 8.51. The molecule has 0 aliphatic heterocycles. The molecule has 1 saturated carbocycles. The van der Waals surface area contributed by atoms with Gasteiger partial charge in [0.1, 0.15) is 0 Å². The lowest BCUT2D eigenvalue weighted by atomic mass is 9.75. The molecule has 3 atom stereocenters. The molecule has 0 bridgehead atoms. The third-order valence-corrected chi connectivity index (χ3v) is 5.27. The van der Waals surface area contributed by atoms with Crippen LogP contribution in [0.5, 0.6) is 0 Å². The smallest absolute Gasteiger partial charge is 0.0279 e. The molecule has 106 valence electrons. The fourth-order valence-corrected chi connectivity index (χ4v) is 3.66. The Kier molecular flexibility index (Phi) is 6.10. The van der Waals surface area contributed by atoms with Gasteiger partial charge >= 0.3 is 0 Å². The van der Waals surface area contributed by atoms with Crippen molar-refractivity contribution in [3.63, 3.8) is 0 Å². The lowest BCUT2D eigenvalue weighted by Gasteiger charge is -2.34. The van der Waals surface area contributed by atoms with Gasteiger partial charge in [-0.2, -0.15) is 0 Å². The van der Waals surface area contributed by atoms with Gasteiger partial charge in [0, 0.05) is 9.61 Å². The molecule has 1 aliphatic rings. The van der Waals surface area contributed by atoms with Gasteiger partial charge in [-0.25, -0.2) is 0 Å². The lowest BCUT2D eigenvalue weighted by Crippen LogP contribution is -2.44. The van der Waals surface area contributed by atoms with Crippen molar-refractivity contribution < 1.29 is 0 Å². The Balaban J connectivity index is 1.97. The fraction of sp³-hybridized carbons (Fsp3) is 0.625. The van der Waals surface area contributed by atoms with E-state index in [1.54, 1.807) is 0 Å². The van der Waals surface area contributed by atoms with E-state index >= 15 is 0 Å². The molecule has 0 radical (unpaired) electrons. The highest BCUT2D eigenvalue weighted by Gasteiger charge is 2.27. The molecule has 0 aromatic heterocycles. The summed E-state index contributed by atoms with van der Waals surface area (Å²) in [5, 5.41) is 0.